The van der Waals surface area contributed by atoms with Gasteiger partial charge in [0.05, 0.1) is 38.5 Å². The minimum atomic E-state index is -0.393. The molecule has 2 fully saturated rings. The van der Waals surface area contributed by atoms with Gasteiger partial charge in [0.2, 0.25) is 0 Å². The zero-order valence-electron chi connectivity index (χ0n) is 8.91. The Balaban J connectivity index is 1.84. The van der Waals surface area contributed by atoms with Crippen LogP contribution in [0.15, 0.2) is 0 Å². The first-order valence-electron chi connectivity index (χ1n) is 5.23. The smallest absolute Gasteiger partial charge is 0.323 e. The van der Waals surface area contributed by atoms with Gasteiger partial charge in [-0.1, -0.05) is 0 Å². The monoisotopic (exact) mass is 232 g/mol. The minimum absolute atomic E-state index is 0.0221. The molecule has 0 bridgehead atoms. The van der Waals surface area contributed by atoms with Gasteiger partial charge >= 0.3 is 6.03 Å². The van der Waals surface area contributed by atoms with E-state index in [4.69, 9.17) is 19.7 Å². The van der Waals surface area contributed by atoms with Crippen LogP contribution in [0.4, 0.5) is 4.79 Å². The number of rotatable bonds is 6. The van der Waals surface area contributed by atoms with Crippen LogP contribution in [0.5, 0.6) is 0 Å². The first-order chi connectivity index (χ1) is 7.74. The number of carbonyl (C=O) groups excluding carboxylic acids is 1. The minimum Gasteiger partial charge on any atom is -0.376 e. The zero-order valence-corrected chi connectivity index (χ0v) is 8.91. The van der Waals surface area contributed by atoms with Gasteiger partial charge in [0.15, 0.2) is 0 Å². The molecule has 0 aromatic heterocycles. The van der Waals surface area contributed by atoms with E-state index < -0.39 is 6.03 Å². The molecule has 2 rings (SSSR count). The quantitative estimate of drug-likeness (QED) is 0.425. The van der Waals surface area contributed by atoms with Crippen LogP contribution >= 0.6 is 0 Å². The fourth-order valence-corrected chi connectivity index (χ4v) is 1.43. The Morgan fingerprint density at radius 1 is 1.06 bits per heavy atom. The Morgan fingerprint density at radius 2 is 1.44 bits per heavy atom. The molecular weight excluding hydrogens is 216 g/mol. The third-order valence-corrected chi connectivity index (χ3v) is 2.54. The normalized spacial score (nSPS) is 26.4. The SMILES string of the molecule is O=C(N(CO)CC1CO1)N(CO)CC1CO1. The van der Waals surface area contributed by atoms with E-state index >= 15 is 0 Å². The number of carbonyl (C=O) groups is 1. The van der Waals surface area contributed by atoms with Crippen LogP contribution in [-0.2, 0) is 9.47 Å². The molecule has 0 aliphatic carbocycles. The van der Waals surface area contributed by atoms with Gasteiger partial charge in [0, 0.05) is 0 Å². The van der Waals surface area contributed by atoms with Crippen molar-refractivity contribution in [2.45, 2.75) is 12.2 Å². The Bertz CT molecular complexity index is 230. The summed E-state index contributed by atoms with van der Waals surface area (Å²) in [5, 5.41) is 18.2. The number of epoxide rings is 2. The van der Waals surface area contributed by atoms with Crippen molar-refractivity contribution in [3.63, 3.8) is 0 Å². The second kappa shape index (κ2) is 4.96. The van der Waals surface area contributed by atoms with E-state index in [1.807, 2.05) is 0 Å². The van der Waals surface area contributed by atoms with Crippen molar-refractivity contribution in [2.75, 3.05) is 39.8 Å². The van der Waals surface area contributed by atoms with E-state index in [1.54, 1.807) is 0 Å². The van der Waals surface area contributed by atoms with Gasteiger partial charge in [-0.25, -0.2) is 4.79 Å². The number of aliphatic hydroxyl groups is 2. The third kappa shape index (κ3) is 3.05. The summed E-state index contributed by atoms with van der Waals surface area (Å²) in [5.74, 6) is 0. The number of ether oxygens (including phenoxy) is 2. The molecule has 2 aliphatic heterocycles. The van der Waals surface area contributed by atoms with Gasteiger partial charge in [0.25, 0.3) is 0 Å². The highest BCUT2D eigenvalue weighted by Crippen LogP contribution is 2.14. The molecule has 2 atom stereocenters. The maximum absolute atomic E-state index is 11.9. The van der Waals surface area contributed by atoms with Crippen LogP contribution in [0.3, 0.4) is 0 Å². The number of nitrogens with zero attached hydrogens (tertiary/aromatic N) is 2. The van der Waals surface area contributed by atoms with Crippen LogP contribution < -0.4 is 0 Å². The standard InChI is InChI=1S/C9H16N2O5/c12-5-10(1-7-3-15-7)9(14)11(6-13)2-8-4-16-8/h7-8,12-13H,1-6H2. The summed E-state index contributed by atoms with van der Waals surface area (Å²) in [6.07, 6.45) is 0.0441. The van der Waals surface area contributed by atoms with Crippen molar-refractivity contribution >= 4 is 6.03 Å². The average Bonchev–Trinajstić information content (AvgIpc) is 3.15. The molecule has 0 spiro atoms. The summed E-state index contributed by atoms with van der Waals surface area (Å²) >= 11 is 0. The van der Waals surface area contributed by atoms with E-state index in [2.05, 4.69) is 0 Å². The number of hydrogen-bond acceptors (Lipinski definition) is 5. The Kier molecular flexibility index (Phi) is 3.59. The maximum atomic E-state index is 11.9. The van der Waals surface area contributed by atoms with Gasteiger partial charge in [-0.2, -0.15) is 0 Å². The molecule has 0 radical (unpaired) electrons. The molecular formula is C9H16N2O5. The lowest BCUT2D eigenvalue weighted by atomic mass is 10.4. The number of amides is 2. The highest BCUT2D eigenvalue weighted by atomic mass is 16.6. The highest BCUT2D eigenvalue weighted by Gasteiger charge is 2.32. The molecule has 92 valence electrons. The van der Waals surface area contributed by atoms with E-state index in [0.717, 1.165) is 0 Å². The van der Waals surface area contributed by atoms with Crippen LogP contribution in [0.25, 0.3) is 0 Å². The lowest BCUT2D eigenvalue weighted by molar-refractivity contribution is 0.0605. The van der Waals surface area contributed by atoms with Crippen molar-refractivity contribution in [3.8, 4) is 0 Å². The number of hydrogen-bond donors (Lipinski definition) is 2. The van der Waals surface area contributed by atoms with Crippen LogP contribution in [-0.4, -0.2) is 78.0 Å². The lowest BCUT2D eigenvalue weighted by Gasteiger charge is -2.27. The topological polar surface area (TPSA) is 89.1 Å². The van der Waals surface area contributed by atoms with E-state index in [-0.39, 0.29) is 25.7 Å². The molecule has 2 heterocycles. The molecule has 16 heavy (non-hydrogen) atoms. The predicted octanol–water partition coefficient (Wildman–Crippen LogP) is -1.59. The van der Waals surface area contributed by atoms with Crippen LogP contribution in [0.1, 0.15) is 0 Å². The highest BCUT2D eigenvalue weighted by molar-refractivity contribution is 5.74. The predicted molar refractivity (Wildman–Crippen MR) is 52.5 cm³/mol. The number of aliphatic hydroxyl groups excluding tert-OH is 2. The van der Waals surface area contributed by atoms with Gasteiger partial charge in [-0.3, -0.25) is 9.80 Å². The summed E-state index contributed by atoms with van der Waals surface area (Å²) in [4.78, 5) is 14.3. The summed E-state index contributed by atoms with van der Waals surface area (Å²) in [7, 11) is 0. The summed E-state index contributed by atoms with van der Waals surface area (Å²) < 4.78 is 9.97. The van der Waals surface area contributed by atoms with Crippen LogP contribution in [0.2, 0.25) is 0 Å². The van der Waals surface area contributed by atoms with Crippen molar-refractivity contribution in [2.24, 2.45) is 0 Å². The zero-order chi connectivity index (χ0) is 11.5. The Morgan fingerprint density at radius 3 is 1.69 bits per heavy atom. The van der Waals surface area contributed by atoms with Crippen molar-refractivity contribution < 1.29 is 24.5 Å². The van der Waals surface area contributed by atoms with Crippen molar-refractivity contribution in [3.05, 3.63) is 0 Å². The average molecular weight is 232 g/mol. The first-order valence-corrected chi connectivity index (χ1v) is 5.23. The second-order valence-corrected chi connectivity index (χ2v) is 3.92. The van der Waals surface area contributed by atoms with Crippen molar-refractivity contribution in [1.82, 2.24) is 9.80 Å². The van der Waals surface area contributed by atoms with Gasteiger partial charge in [0.1, 0.15) is 13.5 Å². The molecule has 2 saturated heterocycles. The molecule has 2 aliphatic rings. The van der Waals surface area contributed by atoms with E-state index in [9.17, 15) is 4.79 Å². The van der Waals surface area contributed by atoms with Gasteiger partial charge in [-0.05, 0) is 0 Å². The molecule has 0 aromatic carbocycles. The number of urea groups is 1. The van der Waals surface area contributed by atoms with E-state index in [1.165, 1.54) is 9.80 Å². The molecule has 7 heteroatoms. The second-order valence-electron chi connectivity index (χ2n) is 3.92. The largest absolute Gasteiger partial charge is 0.376 e. The third-order valence-electron chi connectivity index (χ3n) is 2.54. The van der Waals surface area contributed by atoms with Crippen LogP contribution in [0, 0.1) is 0 Å². The summed E-state index contributed by atoms with van der Waals surface area (Å²) in [6, 6.07) is -0.393. The molecule has 2 amide bonds. The molecule has 7 nitrogen and oxygen atoms in total. The van der Waals surface area contributed by atoms with E-state index in [0.29, 0.717) is 26.3 Å². The molecule has 0 saturated carbocycles. The fraction of sp³-hybridized carbons (Fsp3) is 0.889. The Labute approximate surface area is 93.1 Å². The first kappa shape index (κ1) is 11.6. The summed E-state index contributed by atoms with van der Waals surface area (Å²) in [6.45, 7) is 1.21. The fourth-order valence-electron chi connectivity index (χ4n) is 1.43. The lowest BCUT2D eigenvalue weighted by Crippen LogP contribution is -2.47. The Hall–Kier alpha value is -0.890. The molecule has 0 aromatic rings. The molecule has 2 unspecified atom stereocenters. The van der Waals surface area contributed by atoms with Gasteiger partial charge < -0.3 is 19.7 Å². The maximum Gasteiger partial charge on any atom is 0.323 e. The molecule has 2 N–H and O–H groups in total. The summed E-state index contributed by atoms with van der Waals surface area (Å²) in [5.41, 5.74) is 0. The van der Waals surface area contributed by atoms with Crippen molar-refractivity contribution in [1.29, 1.82) is 0 Å². The van der Waals surface area contributed by atoms with Gasteiger partial charge in [-0.15, -0.1) is 0 Å².